The maximum atomic E-state index is 6.26. The van der Waals surface area contributed by atoms with Gasteiger partial charge in [-0.05, 0) is 43.9 Å². The van der Waals surface area contributed by atoms with E-state index in [4.69, 9.17) is 22.1 Å². The van der Waals surface area contributed by atoms with Gasteiger partial charge >= 0.3 is 0 Å². The third kappa shape index (κ3) is 3.02. The van der Waals surface area contributed by atoms with Crippen LogP contribution in [0.2, 0.25) is 5.02 Å². The molecule has 1 aliphatic rings. The second kappa shape index (κ2) is 5.27. The second-order valence-corrected chi connectivity index (χ2v) is 6.13. The number of ether oxygens (including phenoxy) is 1. The molecule has 2 unspecified atom stereocenters. The van der Waals surface area contributed by atoms with Crippen LogP contribution in [0.25, 0.3) is 0 Å². The van der Waals surface area contributed by atoms with E-state index < -0.39 is 0 Å². The normalized spacial score (nSPS) is 26.1. The van der Waals surface area contributed by atoms with E-state index in [1.807, 2.05) is 18.2 Å². The molecule has 0 amide bonds. The first kappa shape index (κ1) is 13.3. The summed E-state index contributed by atoms with van der Waals surface area (Å²) in [5.41, 5.74) is 7.14. The van der Waals surface area contributed by atoms with Gasteiger partial charge in [0.25, 0.3) is 0 Å². The Hall–Kier alpha value is -0.0900. The van der Waals surface area contributed by atoms with Crippen LogP contribution in [-0.2, 0) is 11.2 Å². The molecule has 17 heavy (non-hydrogen) atoms. The molecule has 1 heterocycles. The van der Waals surface area contributed by atoms with Crippen molar-refractivity contribution in [3.05, 3.63) is 33.3 Å². The fourth-order valence-corrected chi connectivity index (χ4v) is 2.98. The van der Waals surface area contributed by atoms with Crippen molar-refractivity contribution in [3.63, 3.8) is 0 Å². The fraction of sp³-hybridized carbons (Fsp3) is 0.538. The van der Waals surface area contributed by atoms with Crippen LogP contribution < -0.4 is 5.73 Å². The van der Waals surface area contributed by atoms with Gasteiger partial charge in [-0.2, -0.15) is 0 Å². The molecule has 2 nitrogen and oxygen atoms in total. The zero-order valence-corrected chi connectivity index (χ0v) is 12.2. The number of rotatable bonds is 3. The van der Waals surface area contributed by atoms with E-state index >= 15 is 0 Å². The number of halogens is 2. The summed E-state index contributed by atoms with van der Waals surface area (Å²) in [6.45, 7) is 2.91. The van der Waals surface area contributed by atoms with Crippen molar-refractivity contribution in [1.82, 2.24) is 0 Å². The van der Waals surface area contributed by atoms with Crippen LogP contribution in [0.5, 0.6) is 0 Å². The van der Waals surface area contributed by atoms with Gasteiger partial charge in [0.15, 0.2) is 0 Å². The zero-order valence-electron chi connectivity index (χ0n) is 9.88. The first-order chi connectivity index (χ1) is 8.01. The predicted octanol–water partition coefficient (Wildman–Crippen LogP) is 3.54. The van der Waals surface area contributed by atoms with Crippen LogP contribution in [0.1, 0.15) is 25.3 Å². The molecule has 0 spiro atoms. The first-order valence-corrected chi connectivity index (χ1v) is 7.02. The standard InChI is InChI=1S/C13H17BrClNO/c1-13(5-2-6-17-13)12(16)7-9-3-4-10(14)8-11(9)15/h3-4,8,12H,2,5-7,16H2,1H3. The highest BCUT2D eigenvalue weighted by Gasteiger charge is 2.36. The van der Waals surface area contributed by atoms with Gasteiger partial charge in [0.05, 0.1) is 5.60 Å². The Labute approximate surface area is 116 Å². The average molecular weight is 319 g/mol. The summed E-state index contributed by atoms with van der Waals surface area (Å²) in [6.07, 6.45) is 2.88. The molecule has 1 fully saturated rings. The summed E-state index contributed by atoms with van der Waals surface area (Å²) >= 11 is 9.60. The Balaban J connectivity index is 2.10. The molecule has 1 aliphatic heterocycles. The maximum Gasteiger partial charge on any atom is 0.0808 e. The van der Waals surface area contributed by atoms with Crippen molar-refractivity contribution in [1.29, 1.82) is 0 Å². The second-order valence-electron chi connectivity index (χ2n) is 4.81. The smallest absolute Gasteiger partial charge is 0.0808 e. The molecule has 2 atom stereocenters. The lowest BCUT2D eigenvalue weighted by Gasteiger charge is -2.30. The molecule has 0 radical (unpaired) electrons. The first-order valence-electron chi connectivity index (χ1n) is 5.85. The van der Waals surface area contributed by atoms with Crippen LogP contribution in [0.15, 0.2) is 22.7 Å². The van der Waals surface area contributed by atoms with Crippen LogP contribution in [-0.4, -0.2) is 18.2 Å². The van der Waals surface area contributed by atoms with Crippen LogP contribution in [0, 0.1) is 0 Å². The highest BCUT2D eigenvalue weighted by atomic mass is 79.9. The van der Waals surface area contributed by atoms with E-state index in [9.17, 15) is 0 Å². The molecular formula is C13H17BrClNO. The van der Waals surface area contributed by atoms with E-state index in [-0.39, 0.29) is 11.6 Å². The summed E-state index contributed by atoms with van der Waals surface area (Å²) in [5.74, 6) is 0. The van der Waals surface area contributed by atoms with Crippen molar-refractivity contribution in [2.24, 2.45) is 5.73 Å². The van der Waals surface area contributed by atoms with Gasteiger partial charge < -0.3 is 10.5 Å². The number of nitrogens with two attached hydrogens (primary N) is 1. The molecule has 0 bridgehead atoms. The lowest BCUT2D eigenvalue weighted by Crippen LogP contribution is -2.46. The highest BCUT2D eigenvalue weighted by Crippen LogP contribution is 2.31. The predicted molar refractivity (Wildman–Crippen MR) is 74.4 cm³/mol. The van der Waals surface area contributed by atoms with Crippen molar-refractivity contribution in [2.75, 3.05) is 6.61 Å². The van der Waals surface area contributed by atoms with Gasteiger partial charge in [0.2, 0.25) is 0 Å². The van der Waals surface area contributed by atoms with Gasteiger partial charge in [0, 0.05) is 22.1 Å². The molecule has 1 aromatic rings. The van der Waals surface area contributed by atoms with E-state index in [2.05, 4.69) is 22.9 Å². The Kier molecular flexibility index (Phi) is 4.14. The van der Waals surface area contributed by atoms with Crippen molar-refractivity contribution < 1.29 is 4.74 Å². The topological polar surface area (TPSA) is 35.2 Å². The van der Waals surface area contributed by atoms with E-state index in [0.29, 0.717) is 0 Å². The third-order valence-corrected chi connectivity index (χ3v) is 4.33. The molecule has 2 N–H and O–H groups in total. The molecular weight excluding hydrogens is 302 g/mol. The molecule has 4 heteroatoms. The SMILES string of the molecule is CC1(C(N)Cc2ccc(Br)cc2Cl)CCCO1. The van der Waals surface area contributed by atoms with Gasteiger partial charge in [-0.25, -0.2) is 0 Å². The Morgan fingerprint density at radius 2 is 2.35 bits per heavy atom. The number of hydrogen-bond donors (Lipinski definition) is 1. The summed E-state index contributed by atoms with van der Waals surface area (Å²) in [6, 6.07) is 5.90. The third-order valence-electron chi connectivity index (χ3n) is 3.49. The largest absolute Gasteiger partial charge is 0.374 e. The summed E-state index contributed by atoms with van der Waals surface area (Å²) in [5, 5.41) is 0.761. The van der Waals surface area contributed by atoms with Gasteiger partial charge in [-0.15, -0.1) is 0 Å². The molecule has 0 aromatic heterocycles. The average Bonchev–Trinajstić information content (AvgIpc) is 2.71. The summed E-state index contributed by atoms with van der Waals surface area (Å²) in [7, 11) is 0. The molecule has 2 rings (SSSR count). The van der Waals surface area contributed by atoms with Crippen molar-refractivity contribution in [2.45, 2.75) is 37.8 Å². The quantitative estimate of drug-likeness (QED) is 0.925. The minimum Gasteiger partial charge on any atom is -0.374 e. The van der Waals surface area contributed by atoms with E-state index in [0.717, 1.165) is 40.9 Å². The Morgan fingerprint density at radius 3 is 2.94 bits per heavy atom. The van der Waals surface area contributed by atoms with Crippen molar-refractivity contribution >= 4 is 27.5 Å². The molecule has 94 valence electrons. The van der Waals surface area contributed by atoms with Gasteiger partial charge in [-0.3, -0.25) is 0 Å². The van der Waals surface area contributed by atoms with Crippen LogP contribution >= 0.6 is 27.5 Å². The lowest BCUT2D eigenvalue weighted by atomic mass is 9.89. The van der Waals surface area contributed by atoms with Crippen LogP contribution in [0.4, 0.5) is 0 Å². The Morgan fingerprint density at radius 1 is 1.59 bits per heavy atom. The lowest BCUT2D eigenvalue weighted by molar-refractivity contribution is -0.000897. The zero-order chi connectivity index (χ0) is 12.5. The van der Waals surface area contributed by atoms with Gasteiger partial charge in [0.1, 0.15) is 0 Å². The number of benzene rings is 1. The van der Waals surface area contributed by atoms with Crippen molar-refractivity contribution in [3.8, 4) is 0 Å². The summed E-state index contributed by atoms with van der Waals surface area (Å²) in [4.78, 5) is 0. The molecule has 0 aliphatic carbocycles. The molecule has 1 aromatic carbocycles. The monoisotopic (exact) mass is 317 g/mol. The summed E-state index contributed by atoms with van der Waals surface area (Å²) < 4.78 is 6.75. The molecule has 0 saturated carbocycles. The Bertz CT molecular complexity index is 404. The van der Waals surface area contributed by atoms with E-state index in [1.54, 1.807) is 0 Å². The van der Waals surface area contributed by atoms with Gasteiger partial charge in [-0.1, -0.05) is 33.6 Å². The number of hydrogen-bond acceptors (Lipinski definition) is 2. The molecule has 1 saturated heterocycles. The highest BCUT2D eigenvalue weighted by molar-refractivity contribution is 9.10. The van der Waals surface area contributed by atoms with Crippen LogP contribution in [0.3, 0.4) is 0 Å². The minimum atomic E-state index is -0.198. The minimum absolute atomic E-state index is 0.0105. The fourth-order valence-electron chi connectivity index (χ4n) is 2.23. The van der Waals surface area contributed by atoms with E-state index in [1.165, 1.54) is 0 Å². The maximum absolute atomic E-state index is 6.26.